The van der Waals surface area contributed by atoms with Crippen molar-refractivity contribution in [1.82, 2.24) is 14.8 Å². The van der Waals surface area contributed by atoms with Crippen molar-refractivity contribution in [1.29, 1.82) is 0 Å². The standard InChI is InChI=1S/C15H16N6O4S/c1-21-14-9(7-18-21)3-6-12(25-2)13(14)20-26(23,24)10-4-5-11(17-8-10)15(16)19-22/h3-8,20,22H,1-2H3,(H2,16,19). The van der Waals surface area contributed by atoms with Crippen LogP contribution < -0.4 is 15.2 Å². The number of rotatable bonds is 5. The molecule has 2 heterocycles. The molecule has 0 spiro atoms. The van der Waals surface area contributed by atoms with Gasteiger partial charge in [0.25, 0.3) is 10.0 Å². The van der Waals surface area contributed by atoms with E-state index in [2.05, 4.69) is 20.0 Å². The van der Waals surface area contributed by atoms with Gasteiger partial charge in [0.05, 0.1) is 18.8 Å². The highest BCUT2D eigenvalue weighted by atomic mass is 32.2. The Labute approximate surface area is 148 Å². The van der Waals surface area contributed by atoms with Gasteiger partial charge >= 0.3 is 0 Å². The smallest absolute Gasteiger partial charge is 0.263 e. The largest absolute Gasteiger partial charge is 0.494 e. The van der Waals surface area contributed by atoms with Gasteiger partial charge in [0.15, 0.2) is 5.84 Å². The van der Waals surface area contributed by atoms with E-state index >= 15 is 0 Å². The van der Waals surface area contributed by atoms with Crippen LogP contribution in [0, 0.1) is 0 Å². The summed E-state index contributed by atoms with van der Waals surface area (Å²) in [6.07, 6.45) is 2.74. The minimum atomic E-state index is -3.96. The first-order chi connectivity index (χ1) is 12.4. The van der Waals surface area contributed by atoms with Gasteiger partial charge in [0, 0.05) is 18.6 Å². The fraction of sp³-hybridized carbons (Fsp3) is 0.133. The molecule has 2 aromatic heterocycles. The maximum atomic E-state index is 12.8. The van der Waals surface area contributed by atoms with Crippen molar-refractivity contribution in [2.45, 2.75) is 4.90 Å². The highest BCUT2D eigenvalue weighted by Gasteiger charge is 2.21. The van der Waals surface area contributed by atoms with Crippen LogP contribution in [-0.2, 0) is 17.1 Å². The number of nitrogens with two attached hydrogens (primary N) is 1. The van der Waals surface area contributed by atoms with Crippen LogP contribution >= 0.6 is 0 Å². The van der Waals surface area contributed by atoms with E-state index in [1.807, 2.05) is 0 Å². The van der Waals surface area contributed by atoms with E-state index in [4.69, 9.17) is 15.7 Å². The lowest BCUT2D eigenvalue weighted by Crippen LogP contribution is -2.17. The molecule has 0 aliphatic heterocycles. The van der Waals surface area contributed by atoms with Gasteiger partial charge in [-0.25, -0.2) is 8.42 Å². The maximum Gasteiger partial charge on any atom is 0.263 e. The highest BCUT2D eigenvalue weighted by molar-refractivity contribution is 7.92. The van der Waals surface area contributed by atoms with Gasteiger partial charge < -0.3 is 15.7 Å². The first kappa shape index (κ1) is 17.5. The summed E-state index contributed by atoms with van der Waals surface area (Å²) in [6.45, 7) is 0. The number of nitrogens with zero attached hydrogens (tertiary/aromatic N) is 4. The zero-order valence-corrected chi connectivity index (χ0v) is 14.7. The summed E-state index contributed by atoms with van der Waals surface area (Å²) in [5.41, 5.74) is 6.43. The normalized spacial score (nSPS) is 12.3. The third-order valence-electron chi connectivity index (χ3n) is 3.74. The van der Waals surface area contributed by atoms with Crippen molar-refractivity contribution in [3.63, 3.8) is 0 Å². The van der Waals surface area contributed by atoms with Crippen LogP contribution in [0.3, 0.4) is 0 Å². The van der Waals surface area contributed by atoms with E-state index in [0.29, 0.717) is 11.3 Å². The van der Waals surface area contributed by atoms with Crippen LogP contribution in [0.2, 0.25) is 0 Å². The van der Waals surface area contributed by atoms with Crippen molar-refractivity contribution >= 4 is 32.4 Å². The van der Waals surface area contributed by atoms with Crippen LogP contribution in [0.4, 0.5) is 5.69 Å². The number of nitrogens with one attached hydrogen (secondary N) is 1. The van der Waals surface area contributed by atoms with Gasteiger partial charge in [-0.05, 0) is 24.3 Å². The number of fused-ring (bicyclic) bond motifs is 1. The van der Waals surface area contributed by atoms with Crippen LogP contribution in [0.15, 0.2) is 46.7 Å². The zero-order valence-electron chi connectivity index (χ0n) is 13.9. The third kappa shape index (κ3) is 2.99. The Hall–Kier alpha value is -3.34. The SMILES string of the molecule is COc1ccc2cnn(C)c2c1NS(=O)(=O)c1ccc(C(N)=NO)nc1. The molecule has 136 valence electrons. The first-order valence-corrected chi connectivity index (χ1v) is 8.81. The predicted molar refractivity (Wildman–Crippen MR) is 94.8 cm³/mol. The third-order valence-corrected chi connectivity index (χ3v) is 5.07. The molecule has 4 N–H and O–H groups in total. The summed E-state index contributed by atoms with van der Waals surface area (Å²) < 4.78 is 34.9. The Bertz CT molecular complexity index is 1090. The molecular weight excluding hydrogens is 360 g/mol. The molecule has 0 saturated carbocycles. The van der Waals surface area contributed by atoms with Gasteiger partial charge in [-0.15, -0.1) is 0 Å². The van der Waals surface area contributed by atoms with Crippen LogP contribution in [0.5, 0.6) is 5.75 Å². The number of aryl methyl sites for hydroxylation is 1. The molecule has 10 nitrogen and oxygen atoms in total. The van der Waals surface area contributed by atoms with Crippen molar-refractivity contribution in [2.75, 3.05) is 11.8 Å². The minimum absolute atomic E-state index is 0.0896. The molecule has 0 fully saturated rings. The number of hydrogen-bond acceptors (Lipinski definition) is 7. The molecule has 3 aromatic rings. The Morgan fingerprint density at radius 3 is 2.69 bits per heavy atom. The lowest BCUT2D eigenvalue weighted by atomic mass is 10.2. The summed E-state index contributed by atoms with van der Waals surface area (Å²) in [5.74, 6) is 0.133. The number of methoxy groups -OCH3 is 1. The summed E-state index contributed by atoms with van der Waals surface area (Å²) >= 11 is 0. The summed E-state index contributed by atoms with van der Waals surface area (Å²) in [4.78, 5) is 3.80. The molecule has 3 rings (SSSR count). The van der Waals surface area contributed by atoms with Crippen molar-refractivity contribution in [2.24, 2.45) is 17.9 Å². The van der Waals surface area contributed by atoms with E-state index in [1.165, 1.54) is 19.2 Å². The Kier molecular flexibility index (Phi) is 4.38. The van der Waals surface area contributed by atoms with Crippen molar-refractivity contribution in [3.05, 3.63) is 42.4 Å². The van der Waals surface area contributed by atoms with Gasteiger partial charge in [-0.1, -0.05) is 5.16 Å². The summed E-state index contributed by atoms with van der Waals surface area (Å²) in [6, 6.07) is 6.08. The number of pyridine rings is 1. The fourth-order valence-electron chi connectivity index (χ4n) is 2.45. The lowest BCUT2D eigenvalue weighted by molar-refractivity contribution is 0.318. The molecule has 26 heavy (non-hydrogen) atoms. The Morgan fingerprint density at radius 1 is 1.31 bits per heavy atom. The van der Waals surface area contributed by atoms with Crippen molar-refractivity contribution < 1.29 is 18.4 Å². The number of sulfonamides is 1. The van der Waals surface area contributed by atoms with Crippen LogP contribution in [-0.4, -0.2) is 41.3 Å². The topological polar surface area (TPSA) is 145 Å². The van der Waals surface area contributed by atoms with Crippen LogP contribution in [0.1, 0.15) is 5.69 Å². The number of anilines is 1. The molecule has 0 unspecified atom stereocenters. The second kappa shape index (κ2) is 6.52. The fourth-order valence-corrected chi connectivity index (χ4v) is 3.47. The lowest BCUT2D eigenvalue weighted by Gasteiger charge is -2.14. The molecule has 0 bridgehead atoms. The summed E-state index contributed by atoms with van der Waals surface area (Å²) in [5, 5.41) is 16.4. The molecule has 11 heteroatoms. The Morgan fingerprint density at radius 2 is 2.08 bits per heavy atom. The van der Waals surface area contributed by atoms with E-state index in [1.54, 1.807) is 30.1 Å². The van der Waals surface area contributed by atoms with E-state index in [-0.39, 0.29) is 22.1 Å². The number of ether oxygens (including phenoxy) is 1. The van der Waals surface area contributed by atoms with E-state index < -0.39 is 10.0 Å². The molecule has 0 radical (unpaired) electrons. The molecule has 1 aromatic carbocycles. The van der Waals surface area contributed by atoms with Gasteiger partial charge in [-0.2, -0.15) is 5.10 Å². The quantitative estimate of drug-likeness (QED) is 0.259. The number of amidine groups is 1. The average Bonchev–Trinajstić information content (AvgIpc) is 3.02. The number of hydrogen-bond donors (Lipinski definition) is 3. The number of benzene rings is 1. The molecule has 0 aliphatic carbocycles. The molecule has 0 aliphatic rings. The van der Waals surface area contributed by atoms with Crippen LogP contribution in [0.25, 0.3) is 10.9 Å². The zero-order chi connectivity index (χ0) is 18.9. The molecule has 0 amide bonds. The highest BCUT2D eigenvalue weighted by Crippen LogP contribution is 2.34. The second-order valence-corrected chi connectivity index (χ2v) is 7.00. The molecular formula is C15H16N6O4S. The molecule has 0 atom stereocenters. The summed E-state index contributed by atoms with van der Waals surface area (Å²) in [7, 11) is -0.810. The Balaban J connectivity index is 2.05. The second-order valence-electron chi connectivity index (χ2n) is 5.32. The predicted octanol–water partition coefficient (Wildman–Crippen LogP) is 0.872. The van der Waals surface area contributed by atoms with E-state index in [9.17, 15) is 8.42 Å². The first-order valence-electron chi connectivity index (χ1n) is 7.33. The maximum absolute atomic E-state index is 12.8. The van der Waals surface area contributed by atoms with Gasteiger partial charge in [0.1, 0.15) is 22.0 Å². The monoisotopic (exact) mass is 376 g/mol. The minimum Gasteiger partial charge on any atom is -0.494 e. The number of aromatic nitrogens is 3. The van der Waals surface area contributed by atoms with E-state index in [0.717, 1.165) is 11.6 Å². The average molecular weight is 376 g/mol. The van der Waals surface area contributed by atoms with Gasteiger partial charge in [0.2, 0.25) is 0 Å². The van der Waals surface area contributed by atoms with Gasteiger partial charge in [-0.3, -0.25) is 14.4 Å². The molecule has 0 saturated heterocycles. The van der Waals surface area contributed by atoms with Crippen molar-refractivity contribution in [3.8, 4) is 5.75 Å². The number of oxime groups is 1.